The Morgan fingerprint density at radius 2 is 1.81 bits per heavy atom. The van der Waals surface area contributed by atoms with Crippen molar-refractivity contribution in [3.05, 3.63) is 29.8 Å². The van der Waals surface area contributed by atoms with Crippen molar-refractivity contribution in [3.63, 3.8) is 0 Å². The molecule has 5 nitrogen and oxygen atoms in total. The fourth-order valence-corrected chi connectivity index (χ4v) is 1.34. The maximum Gasteiger partial charge on any atom is 0.264 e. The number of rotatable bonds is 5. The summed E-state index contributed by atoms with van der Waals surface area (Å²) in [5.41, 5.74) is 0.379. The fraction of sp³-hybridized carbons (Fsp3) is 0.300. The van der Waals surface area contributed by atoms with Gasteiger partial charge < -0.3 is 4.74 Å². The maximum atomic E-state index is 11.5. The summed E-state index contributed by atoms with van der Waals surface area (Å²) in [6, 6.07) is 6.33. The molecule has 0 atom stereocenters. The van der Waals surface area contributed by atoms with Crippen LogP contribution in [0.1, 0.15) is 10.4 Å². The van der Waals surface area contributed by atoms with Crippen LogP contribution in [0.4, 0.5) is 0 Å². The summed E-state index contributed by atoms with van der Waals surface area (Å²) in [5.74, 6) is 0.230. The standard InChI is InChI=1S/C10H12O5S/c1-14-9-5-3-8(4-6-9)10(11)7-15-16(2,12)13/h3-6H,7H2,1-2H3. The third-order valence-electron chi connectivity index (χ3n) is 1.82. The van der Waals surface area contributed by atoms with Crippen LogP contribution < -0.4 is 4.74 Å². The lowest BCUT2D eigenvalue weighted by Gasteiger charge is -2.02. The van der Waals surface area contributed by atoms with Crippen molar-refractivity contribution in [3.8, 4) is 5.75 Å². The summed E-state index contributed by atoms with van der Waals surface area (Å²) in [7, 11) is -2.07. The minimum Gasteiger partial charge on any atom is -0.497 e. The highest BCUT2D eigenvalue weighted by molar-refractivity contribution is 7.86. The molecular formula is C10H12O5S. The molecule has 0 aliphatic carbocycles. The Morgan fingerprint density at radius 1 is 1.25 bits per heavy atom. The van der Waals surface area contributed by atoms with Crippen LogP contribution in [0.25, 0.3) is 0 Å². The minimum absolute atomic E-state index is 0.379. The van der Waals surface area contributed by atoms with E-state index in [0.29, 0.717) is 11.3 Å². The highest BCUT2D eigenvalue weighted by atomic mass is 32.2. The van der Waals surface area contributed by atoms with E-state index >= 15 is 0 Å². The van der Waals surface area contributed by atoms with E-state index in [1.807, 2.05) is 0 Å². The normalized spacial score (nSPS) is 11.1. The average Bonchev–Trinajstić information content (AvgIpc) is 2.25. The Hall–Kier alpha value is -1.40. The van der Waals surface area contributed by atoms with Crippen LogP contribution in [0, 0.1) is 0 Å². The molecule has 0 N–H and O–H groups in total. The second-order valence-corrected chi connectivity index (χ2v) is 4.76. The van der Waals surface area contributed by atoms with Gasteiger partial charge in [0.15, 0.2) is 5.78 Å². The summed E-state index contributed by atoms with van der Waals surface area (Å²) in [4.78, 5) is 11.5. The Kier molecular flexibility index (Phi) is 4.03. The molecule has 0 unspecified atom stereocenters. The number of carbonyl (C=O) groups is 1. The molecule has 0 heterocycles. The second kappa shape index (κ2) is 5.09. The summed E-state index contributed by atoms with van der Waals surface area (Å²) < 4.78 is 30.7. The highest BCUT2D eigenvalue weighted by Crippen LogP contribution is 2.11. The van der Waals surface area contributed by atoms with Crippen molar-refractivity contribution in [2.45, 2.75) is 0 Å². The predicted octanol–water partition coefficient (Wildman–Crippen LogP) is 0.854. The fourth-order valence-electron chi connectivity index (χ4n) is 1.02. The van der Waals surface area contributed by atoms with E-state index in [-0.39, 0.29) is 0 Å². The van der Waals surface area contributed by atoms with E-state index in [4.69, 9.17) is 4.74 Å². The number of hydrogen-bond donors (Lipinski definition) is 0. The van der Waals surface area contributed by atoms with Crippen molar-refractivity contribution in [1.29, 1.82) is 0 Å². The minimum atomic E-state index is -3.59. The zero-order valence-electron chi connectivity index (χ0n) is 8.97. The lowest BCUT2D eigenvalue weighted by Crippen LogP contribution is -2.13. The molecular weight excluding hydrogens is 232 g/mol. The second-order valence-electron chi connectivity index (χ2n) is 3.12. The number of methoxy groups -OCH3 is 1. The molecule has 0 saturated carbocycles. The van der Waals surface area contributed by atoms with Crippen LogP contribution in [0.2, 0.25) is 0 Å². The van der Waals surface area contributed by atoms with Crippen LogP contribution in [0.3, 0.4) is 0 Å². The summed E-state index contributed by atoms with van der Waals surface area (Å²) >= 11 is 0. The van der Waals surface area contributed by atoms with Crippen molar-refractivity contribution in [1.82, 2.24) is 0 Å². The Morgan fingerprint density at radius 3 is 2.25 bits per heavy atom. The van der Waals surface area contributed by atoms with Gasteiger partial charge >= 0.3 is 0 Å². The van der Waals surface area contributed by atoms with E-state index in [9.17, 15) is 13.2 Å². The van der Waals surface area contributed by atoms with Crippen molar-refractivity contribution < 1.29 is 22.1 Å². The maximum absolute atomic E-state index is 11.5. The summed E-state index contributed by atoms with van der Waals surface area (Å²) in [5, 5.41) is 0. The Balaban J connectivity index is 2.66. The van der Waals surface area contributed by atoms with Gasteiger partial charge in [0.25, 0.3) is 10.1 Å². The molecule has 6 heteroatoms. The van der Waals surface area contributed by atoms with Gasteiger partial charge in [-0.3, -0.25) is 8.98 Å². The van der Waals surface area contributed by atoms with E-state index in [1.165, 1.54) is 7.11 Å². The van der Waals surface area contributed by atoms with Crippen LogP contribution in [0.5, 0.6) is 5.75 Å². The van der Waals surface area contributed by atoms with Gasteiger partial charge in [0.05, 0.1) is 13.4 Å². The van der Waals surface area contributed by atoms with E-state index < -0.39 is 22.5 Å². The number of benzene rings is 1. The van der Waals surface area contributed by atoms with E-state index in [2.05, 4.69) is 4.18 Å². The molecule has 88 valence electrons. The predicted molar refractivity (Wildman–Crippen MR) is 58.1 cm³/mol. The zero-order valence-corrected chi connectivity index (χ0v) is 9.78. The van der Waals surface area contributed by atoms with Crippen LogP contribution in [0.15, 0.2) is 24.3 Å². The molecule has 0 fully saturated rings. The molecule has 0 amide bonds. The molecule has 0 aliphatic rings. The van der Waals surface area contributed by atoms with Crippen molar-refractivity contribution in [2.75, 3.05) is 20.0 Å². The third-order valence-corrected chi connectivity index (χ3v) is 2.36. The monoisotopic (exact) mass is 244 g/mol. The first-order valence-corrected chi connectivity index (χ1v) is 6.25. The number of carbonyl (C=O) groups excluding carboxylic acids is 1. The molecule has 0 aliphatic heterocycles. The molecule has 0 aromatic heterocycles. The smallest absolute Gasteiger partial charge is 0.264 e. The van der Waals surface area contributed by atoms with Crippen molar-refractivity contribution in [2.24, 2.45) is 0 Å². The molecule has 0 bridgehead atoms. The molecule has 0 spiro atoms. The van der Waals surface area contributed by atoms with E-state index in [1.54, 1.807) is 24.3 Å². The van der Waals surface area contributed by atoms with Crippen molar-refractivity contribution >= 4 is 15.9 Å². The average molecular weight is 244 g/mol. The van der Waals surface area contributed by atoms with Gasteiger partial charge in [-0.15, -0.1) is 0 Å². The zero-order chi connectivity index (χ0) is 12.2. The third kappa shape index (κ3) is 4.00. The lowest BCUT2D eigenvalue weighted by atomic mass is 10.1. The quantitative estimate of drug-likeness (QED) is 0.567. The summed E-state index contributed by atoms with van der Waals surface area (Å²) in [6.07, 6.45) is 0.897. The first kappa shape index (κ1) is 12.7. The number of ketones is 1. The van der Waals surface area contributed by atoms with Gasteiger partial charge in [-0.1, -0.05) is 0 Å². The summed E-state index contributed by atoms with van der Waals surface area (Å²) in [6.45, 7) is -0.481. The molecule has 0 radical (unpaired) electrons. The van der Waals surface area contributed by atoms with Gasteiger partial charge in [-0.2, -0.15) is 8.42 Å². The number of ether oxygens (including phenoxy) is 1. The van der Waals surface area contributed by atoms with Crippen LogP contribution in [-0.4, -0.2) is 34.2 Å². The molecule has 1 aromatic rings. The number of Topliss-reactive ketones (excluding diaryl/α,β-unsaturated/α-hetero) is 1. The molecule has 16 heavy (non-hydrogen) atoms. The Labute approximate surface area is 94.1 Å². The Bertz CT molecular complexity index is 460. The van der Waals surface area contributed by atoms with Gasteiger partial charge in [0, 0.05) is 5.56 Å². The van der Waals surface area contributed by atoms with Gasteiger partial charge in [0.2, 0.25) is 0 Å². The first-order valence-electron chi connectivity index (χ1n) is 4.44. The largest absolute Gasteiger partial charge is 0.497 e. The van der Waals surface area contributed by atoms with Gasteiger partial charge in [0.1, 0.15) is 12.4 Å². The SMILES string of the molecule is COc1ccc(C(=O)COS(C)(=O)=O)cc1. The van der Waals surface area contributed by atoms with Gasteiger partial charge in [-0.25, -0.2) is 0 Å². The van der Waals surface area contributed by atoms with Crippen LogP contribution >= 0.6 is 0 Å². The van der Waals surface area contributed by atoms with Crippen LogP contribution in [-0.2, 0) is 14.3 Å². The molecule has 1 aromatic carbocycles. The lowest BCUT2D eigenvalue weighted by molar-refractivity contribution is 0.0925. The topological polar surface area (TPSA) is 69.7 Å². The molecule has 1 rings (SSSR count). The first-order chi connectivity index (χ1) is 7.42. The number of hydrogen-bond acceptors (Lipinski definition) is 5. The molecule has 0 saturated heterocycles. The van der Waals surface area contributed by atoms with Gasteiger partial charge in [-0.05, 0) is 24.3 Å². The van der Waals surface area contributed by atoms with E-state index in [0.717, 1.165) is 6.26 Å². The highest BCUT2D eigenvalue weighted by Gasteiger charge is 2.10.